The third kappa shape index (κ3) is 8.05. The Balaban J connectivity index is 3.16. The van der Waals surface area contributed by atoms with Crippen LogP contribution in [0.3, 0.4) is 0 Å². The molecule has 0 saturated heterocycles. The largest absolute Gasteiger partial charge is 0.356 e. The van der Waals surface area contributed by atoms with Gasteiger partial charge in [0.1, 0.15) is 0 Å². The van der Waals surface area contributed by atoms with Crippen molar-refractivity contribution < 1.29 is 4.79 Å². The first-order valence-electron chi connectivity index (χ1n) is 5.67. The highest BCUT2D eigenvalue weighted by molar-refractivity contribution is 5.72. The van der Waals surface area contributed by atoms with Crippen LogP contribution in [0.5, 0.6) is 0 Å². The van der Waals surface area contributed by atoms with Crippen LogP contribution < -0.4 is 5.32 Å². The highest BCUT2D eigenvalue weighted by Gasteiger charge is 1.97. The summed E-state index contributed by atoms with van der Waals surface area (Å²) in [5.74, 6) is 0.0775. The zero-order valence-corrected chi connectivity index (χ0v) is 9.81. The second-order valence-electron chi connectivity index (χ2n) is 3.57. The molecule has 1 N–H and O–H groups in total. The summed E-state index contributed by atoms with van der Waals surface area (Å²) in [5, 5.41) is 2.81. The Kier molecular flexibility index (Phi) is 8.64. The highest BCUT2D eigenvalue weighted by atomic mass is 16.1. The van der Waals surface area contributed by atoms with Crippen LogP contribution in [0.15, 0.2) is 0 Å². The van der Waals surface area contributed by atoms with Gasteiger partial charge in [0.2, 0.25) is 5.91 Å². The van der Waals surface area contributed by atoms with Gasteiger partial charge in [-0.2, -0.15) is 0 Å². The maximum absolute atomic E-state index is 10.6. The Morgan fingerprint density at radius 1 is 1.14 bits per heavy atom. The number of amides is 1. The van der Waals surface area contributed by atoms with Crippen LogP contribution in [0.2, 0.25) is 0 Å². The van der Waals surface area contributed by atoms with Crippen molar-refractivity contribution in [1.82, 2.24) is 10.2 Å². The average molecular weight is 200 g/mol. The Morgan fingerprint density at radius 3 is 2.29 bits per heavy atom. The van der Waals surface area contributed by atoms with Crippen molar-refractivity contribution in [2.45, 2.75) is 40.0 Å². The molecule has 0 saturated carbocycles. The number of nitrogens with zero attached hydrogens (tertiary/aromatic N) is 1. The minimum atomic E-state index is 0.0775. The number of unbranched alkanes of at least 4 members (excludes halogenated alkanes) is 2. The molecule has 84 valence electrons. The summed E-state index contributed by atoms with van der Waals surface area (Å²) < 4.78 is 0. The smallest absolute Gasteiger partial charge is 0.216 e. The molecule has 0 radical (unpaired) electrons. The summed E-state index contributed by atoms with van der Waals surface area (Å²) in [7, 11) is 0. The molecule has 1 amide bonds. The monoisotopic (exact) mass is 200 g/mol. The van der Waals surface area contributed by atoms with E-state index in [9.17, 15) is 4.79 Å². The summed E-state index contributed by atoms with van der Waals surface area (Å²) in [6.45, 7) is 10.3. The molecule has 0 fully saturated rings. The Hall–Kier alpha value is -0.570. The Bertz CT molecular complexity index is 144. The zero-order chi connectivity index (χ0) is 10.8. The van der Waals surface area contributed by atoms with E-state index in [1.807, 2.05) is 0 Å². The molecule has 0 aliphatic heterocycles. The van der Waals surface area contributed by atoms with Crippen LogP contribution in [0.4, 0.5) is 0 Å². The first-order chi connectivity index (χ1) is 6.70. The van der Waals surface area contributed by atoms with Gasteiger partial charge in [-0.25, -0.2) is 0 Å². The van der Waals surface area contributed by atoms with E-state index in [0.717, 1.165) is 26.1 Å². The molecule has 0 aromatic carbocycles. The molecule has 0 aromatic rings. The quantitative estimate of drug-likeness (QED) is 0.604. The second kappa shape index (κ2) is 9.00. The number of carbonyl (C=O) groups excluding carboxylic acids is 1. The van der Waals surface area contributed by atoms with Gasteiger partial charge < -0.3 is 10.2 Å². The van der Waals surface area contributed by atoms with Gasteiger partial charge in [0.05, 0.1) is 0 Å². The second-order valence-corrected chi connectivity index (χ2v) is 3.57. The van der Waals surface area contributed by atoms with E-state index in [0.29, 0.717) is 0 Å². The van der Waals surface area contributed by atoms with Crippen molar-refractivity contribution in [3.8, 4) is 0 Å². The predicted octanol–water partition coefficient (Wildman–Crippen LogP) is 1.63. The van der Waals surface area contributed by atoms with Crippen LogP contribution in [-0.4, -0.2) is 37.0 Å². The van der Waals surface area contributed by atoms with Crippen molar-refractivity contribution in [1.29, 1.82) is 0 Å². The normalized spacial score (nSPS) is 10.6. The molecule has 0 bridgehead atoms. The first kappa shape index (κ1) is 13.4. The number of carbonyl (C=O) groups is 1. The molecule has 0 unspecified atom stereocenters. The topological polar surface area (TPSA) is 32.3 Å². The lowest BCUT2D eigenvalue weighted by atomic mass is 10.2. The highest BCUT2D eigenvalue weighted by Crippen LogP contribution is 1.97. The third-order valence-electron chi connectivity index (χ3n) is 2.42. The third-order valence-corrected chi connectivity index (χ3v) is 2.42. The summed E-state index contributed by atoms with van der Waals surface area (Å²) in [5.41, 5.74) is 0. The van der Waals surface area contributed by atoms with E-state index in [1.165, 1.54) is 19.4 Å². The van der Waals surface area contributed by atoms with Gasteiger partial charge in [-0.05, 0) is 32.5 Å². The SMILES string of the molecule is CCN(CC)CCCCCNC(C)=O. The molecule has 0 spiro atoms. The zero-order valence-electron chi connectivity index (χ0n) is 9.81. The molecule has 0 aliphatic carbocycles. The summed E-state index contributed by atoms with van der Waals surface area (Å²) in [6.07, 6.45) is 3.54. The van der Waals surface area contributed by atoms with Crippen molar-refractivity contribution in [3.63, 3.8) is 0 Å². The molecule has 0 heterocycles. The summed E-state index contributed by atoms with van der Waals surface area (Å²) in [4.78, 5) is 13.0. The predicted molar refractivity (Wildman–Crippen MR) is 60.3 cm³/mol. The van der Waals surface area contributed by atoms with Gasteiger partial charge in [-0.1, -0.05) is 20.3 Å². The number of rotatable bonds is 8. The van der Waals surface area contributed by atoms with Crippen LogP contribution in [0.1, 0.15) is 40.0 Å². The van der Waals surface area contributed by atoms with E-state index in [2.05, 4.69) is 24.1 Å². The van der Waals surface area contributed by atoms with Crippen molar-refractivity contribution in [2.75, 3.05) is 26.2 Å². The van der Waals surface area contributed by atoms with Gasteiger partial charge in [0, 0.05) is 13.5 Å². The maximum Gasteiger partial charge on any atom is 0.216 e. The van der Waals surface area contributed by atoms with Gasteiger partial charge in [0.15, 0.2) is 0 Å². The van der Waals surface area contributed by atoms with Crippen molar-refractivity contribution >= 4 is 5.91 Å². The Labute approximate surface area is 87.9 Å². The van der Waals surface area contributed by atoms with Crippen molar-refractivity contribution in [2.24, 2.45) is 0 Å². The molecule has 3 heteroatoms. The molecular formula is C11H24N2O. The Morgan fingerprint density at radius 2 is 1.79 bits per heavy atom. The molecule has 0 atom stereocenters. The molecular weight excluding hydrogens is 176 g/mol. The molecule has 14 heavy (non-hydrogen) atoms. The minimum Gasteiger partial charge on any atom is -0.356 e. The fourth-order valence-electron chi connectivity index (χ4n) is 1.44. The van der Waals surface area contributed by atoms with Gasteiger partial charge in [0.25, 0.3) is 0 Å². The lowest BCUT2D eigenvalue weighted by Gasteiger charge is -2.17. The molecule has 0 aromatic heterocycles. The van der Waals surface area contributed by atoms with Crippen LogP contribution >= 0.6 is 0 Å². The number of hydrogen-bond acceptors (Lipinski definition) is 2. The lowest BCUT2D eigenvalue weighted by molar-refractivity contribution is -0.118. The van der Waals surface area contributed by atoms with Crippen molar-refractivity contribution in [3.05, 3.63) is 0 Å². The van der Waals surface area contributed by atoms with E-state index < -0.39 is 0 Å². The molecule has 0 aliphatic rings. The average Bonchev–Trinajstić information content (AvgIpc) is 2.16. The van der Waals surface area contributed by atoms with E-state index >= 15 is 0 Å². The molecule has 3 nitrogen and oxygen atoms in total. The summed E-state index contributed by atoms with van der Waals surface area (Å²) >= 11 is 0. The minimum absolute atomic E-state index is 0.0775. The first-order valence-corrected chi connectivity index (χ1v) is 5.67. The van der Waals surface area contributed by atoms with Crippen LogP contribution in [0.25, 0.3) is 0 Å². The van der Waals surface area contributed by atoms with E-state index in [1.54, 1.807) is 6.92 Å². The molecule has 0 rings (SSSR count). The standard InChI is InChI=1S/C11H24N2O/c1-4-13(5-2)10-8-6-7-9-12-11(3)14/h4-10H2,1-3H3,(H,12,14). The fraction of sp³-hybridized carbons (Fsp3) is 0.909. The van der Waals surface area contributed by atoms with Crippen LogP contribution in [-0.2, 0) is 4.79 Å². The van der Waals surface area contributed by atoms with Gasteiger partial charge in [-0.15, -0.1) is 0 Å². The maximum atomic E-state index is 10.6. The van der Waals surface area contributed by atoms with Gasteiger partial charge in [-0.3, -0.25) is 4.79 Å². The number of nitrogens with one attached hydrogen (secondary N) is 1. The van der Waals surface area contributed by atoms with E-state index in [4.69, 9.17) is 0 Å². The van der Waals surface area contributed by atoms with Crippen LogP contribution in [0, 0.1) is 0 Å². The van der Waals surface area contributed by atoms with E-state index in [-0.39, 0.29) is 5.91 Å². The van der Waals surface area contributed by atoms with Gasteiger partial charge >= 0.3 is 0 Å². The lowest BCUT2D eigenvalue weighted by Crippen LogP contribution is -2.24. The number of hydrogen-bond donors (Lipinski definition) is 1. The fourth-order valence-corrected chi connectivity index (χ4v) is 1.44. The summed E-state index contributed by atoms with van der Waals surface area (Å²) in [6, 6.07) is 0.